The Morgan fingerprint density at radius 2 is 2.20 bits per heavy atom. The first kappa shape index (κ1) is 14.5. The van der Waals surface area contributed by atoms with E-state index in [-0.39, 0.29) is 18.2 Å². The summed E-state index contributed by atoms with van der Waals surface area (Å²) < 4.78 is 0. The zero-order valence-corrected chi connectivity index (χ0v) is 11.6. The van der Waals surface area contributed by atoms with Crippen LogP contribution in [0, 0.1) is 11.8 Å². The third-order valence-electron chi connectivity index (χ3n) is 3.68. The smallest absolute Gasteiger partial charge is 0.303 e. The average molecular weight is 276 g/mol. The van der Waals surface area contributed by atoms with E-state index < -0.39 is 5.97 Å². The Balaban J connectivity index is 1.96. The van der Waals surface area contributed by atoms with Crippen molar-refractivity contribution in [3.63, 3.8) is 0 Å². The largest absolute Gasteiger partial charge is 0.481 e. The lowest BCUT2D eigenvalue weighted by Gasteiger charge is -2.14. The van der Waals surface area contributed by atoms with Crippen LogP contribution in [0.15, 0.2) is 24.3 Å². The Morgan fingerprint density at radius 1 is 1.40 bits per heavy atom. The third kappa shape index (κ3) is 3.81. The van der Waals surface area contributed by atoms with Gasteiger partial charge in [0.2, 0.25) is 5.91 Å². The van der Waals surface area contributed by atoms with E-state index in [1.54, 1.807) is 0 Å². The monoisotopic (exact) mass is 276 g/mol. The summed E-state index contributed by atoms with van der Waals surface area (Å²) in [6, 6.07) is 7.38. The van der Waals surface area contributed by atoms with Crippen LogP contribution in [0.25, 0.3) is 0 Å². The molecule has 1 aliphatic heterocycles. The fourth-order valence-corrected chi connectivity index (χ4v) is 2.45. The van der Waals surface area contributed by atoms with Crippen LogP contribution in [0.2, 0.25) is 0 Å². The van der Waals surface area contributed by atoms with E-state index >= 15 is 0 Å². The fraction of sp³-hybridized carbons (Fsp3) is 0.467. The van der Waals surface area contributed by atoms with Crippen LogP contribution in [0.1, 0.15) is 18.9 Å². The quantitative estimate of drug-likeness (QED) is 0.761. The van der Waals surface area contributed by atoms with Gasteiger partial charge in [-0.2, -0.15) is 0 Å². The van der Waals surface area contributed by atoms with E-state index in [2.05, 4.69) is 17.6 Å². The number of carboxylic acids is 1. The molecule has 5 nitrogen and oxygen atoms in total. The molecule has 3 N–H and O–H groups in total. The second-order valence-electron chi connectivity index (χ2n) is 5.33. The molecule has 1 amide bonds. The topological polar surface area (TPSA) is 78.4 Å². The van der Waals surface area contributed by atoms with Crippen molar-refractivity contribution >= 4 is 17.6 Å². The number of aryl methyl sites for hydroxylation is 1. The van der Waals surface area contributed by atoms with Crippen LogP contribution in [0.3, 0.4) is 0 Å². The highest BCUT2D eigenvalue weighted by molar-refractivity contribution is 5.93. The molecule has 2 rings (SSSR count). The molecule has 1 saturated heterocycles. The maximum absolute atomic E-state index is 12.2. The van der Waals surface area contributed by atoms with Crippen molar-refractivity contribution in [2.75, 3.05) is 18.4 Å². The second kappa shape index (κ2) is 6.52. The summed E-state index contributed by atoms with van der Waals surface area (Å²) in [7, 11) is 0. The van der Waals surface area contributed by atoms with Crippen LogP contribution < -0.4 is 10.6 Å². The number of nitrogens with one attached hydrogen (secondary N) is 2. The molecule has 1 aromatic rings. The Bertz CT molecular complexity index is 502. The minimum atomic E-state index is -0.815. The van der Waals surface area contributed by atoms with Gasteiger partial charge in [0, 0.05) is 18.7 Å². The number of aliphatic carboxylic acids is 1. The number of carbonyl (C=O) groups excluding carboxylic acids is 1. The highest BCUT2D eigenvalue weighted by Gasteiger charge is 2.29. The zero-order chi connectivity index (χ0) is 14.5. The average Bonchev–Trinajstić information content (AvgIpc) is 2.83. The molecule has 1 heterocycles. The van der Waals surface area contributed by atoms with Gasteiger partial charge in [0.05, 0.1) is 5.92 Å². The van der Waals surface area contributed by atoms with Crippen LogP contribution in [-0.4, -0.2) is 30.1 Å². The predicted octanol–water partition coefficient (Wildman–Crippen LogP) is 1.50. The van der Waals surface area contributed by atoms with Gasteiger partial charge in [0.25, 0.3) is 0 Å². The standard InChI is InChI=1S/C15H20N2O3/c1-10-8-16-9-13(10)15(20)17-12-4-2-3-11(7-12)5-6-14(18)19/h2-4,7,10,13,16H,5-6,8-9H2,1H3,(H,17,20)(H,18,19). The number of hydrogen-bond acceptors (Lipinski definition) is 3. The molecule has 0 bridgehead atoms. The molecular formula is C15H20N2O3. The zero-order valence-electron chi connectivity index (χ0n) is 11.6. The van der Waals surface area contributed by atoms with Gasteiger partial charge in [-0.25, -0.2) is 0 Å². The molecule has 20 heavy (non-hydrogen) atoms. The summed E-state index contributed by atoms with van der Waals surface area (Å²) in [5.41, 5.74) is 1.65. The second-order valence-corrected chi connectivity index (χ2v) is 5.33. The van der Waals surface area contributed by atoms with Crippen LogP contribution in [-0.2, 0) is 16.0 Å². The van der Waals surface area contributed by atoms with Gasteiger partial charge < -0.3 is 15.7 Å². The van der Waals surface area contributed by atoms with Gasteiger partial charge in [-0.3, -0.25) is 9.59 Å². The van der Waals surface area contributed by atoms with Gasteiger partial charge in [-0.15, -0.1) is 0 Å². The van der Waals surface area contributed by atoms with Crippen molar-refractivity contribution in [2.45, 2.75) is 19.8 Å². The molecule has 0 saturated carbocycles. The minimum Gasteiger partial charge on any atom is -0.481 e. The molecule has 0 radical (unpaired) electrons. The van der Waals surface area contributed by atoms with Gasteiger partial charge in [0.15, 0.2) is 0 Å². The molecule has 0 aliphatic carbocycles. The molecular weight excluding hydrogens is 256 g/mol. The number of rotatable bonds is 5. The molecule has 1 fully saturated rings. The molecule has 0 aromatic heterocycles. The number of hydrogen-bond donors (Lipinski definition) is 3. The number of carbonyl (C=O) groups is 2. The van der Waals surface area contributed by atoms with Crippen molar-refractivity contribution in [1.82, 2.24) is 5.32 Å². The predicted molar refractivity (Wildman–Crippen MR) is 76.6 cm³/mol. The summed E-state index contributed by atoms with van der Waals surface area (Å²) in [5.74, 6) is -0.453. The van der Waals surface area contributed by atoms with E-state index in [9.17, 15) is 9.59 Å². The van der Waals surface area contributed by atoms with Crippen molar-refractivity contribution in [3.8, 4) is 0 Å². The van der Waals surface area contributed by atoms with Crippen LogP contribution in [0.4, 0.5) is 5.69 Å². The third-order valence-corrected chi connectivity index (χ3v) is 3.68. The van der Waals surface area contributed by atoms with Crippen molar-refractivity contribution in [3.05, 3.63) is 29.8 Å². The lowest BCUT2D eigenvalue weighted by Crippen LogP contribution is -2.27. The normalized spacial score (nSPS) is 21.6. The van der Waals surface area contributed by atoms with Crippen molar-refractivity contribution in [1.29, 1.82) is 0 Å². The molecule has 2 atom stereocenters. The first-order valence-electron chi connectivity index (χ1n) is 6.88. The maximum atomic E-state index is 12.2. The van der Waals surface area contributed by atoms with E-state index in [4.69, 9.17) is 5.11 Å². The molecule has 1 aliphatic rings. The first-order chi connectivity index (χ1) is 9.56. The summed E-state index contributed by atoms with van der Waals surface area (Å²) in [6.07, 6.45) is 0.571. The van der Waals surface area contributed by atoms with Crippen molar-refractivity contribution < 1.29 is 14.7 Å². The SMILES string of the molecule is CC1CNCC1C(=O)Nc1cccc(CCC(=O)O)c1. The Kier molecular flexibility index (Phi) is 4.74. The molecule has 5 heteroatoms. The van der Waals surface area contributed by atoms with Gasteiger partial charge in [-0.1, -0.05) is 19.1 Å². The number of benzene rings is 1. The van der Waals surface area contributed by atoms with Crippen molar-refractivity contribution in [2.24, 2.45) is 11.8 Å². The van der Waals surface area contributed by atoms with E-state index in [0.717, 1.165) is 17.8 Å². The molecule has 0 spiro atoms. The summed E-state index contributed by atoms with van der Waals surface area (Å²) in [5, 5.41) is 14.8. The highest BCUT2D eigenvalue weighted by Crippen LogP contribution is 2.19. The summed E-state index contributed by atoms with van der Waals surface area (Å²) in [6.45, 7) is 3.65. The van der Waals surface area contributed by atoms with Crippen LogP contribution >= 0.6 is 0 Å². The maximum Gasteiger partial charge on any atom is 0.303 e. The van der Waals surface area contributed by atoms with Gasteiger partial charge in [0.1, 0.15) is 0 Å². The lowest BCUT2D eigenvalue weighted by atomic mass is 9.97. The van der Waals surface area contributed by atoms with E-state index in [1.807, 2.05) is 24.3 Å². The van der Waals surface area contributed by atoms with Crippen LogP contribution in [0.5, 0.6) is 0 Å². The minimum absolute atomic E-state index is 0.00215. The van der Waals surface area contributed by atoms with Gasteiger partial charge in [-0.05, 0) is 36.6 Å². The Labute approximate surface area is 118 Å². The molecule has 1 aromatic carbocycles. The lowest BCUT2D eigenvalue weighted by molar-refractivity contribution is -0.137. The molecule has 2 unspecified atom stereocenters. The number of anilines is 1. The molecule has 108 valence electrons. The highest BCUT2D eigenvalue weighted by atomic mass is 16.4. The Hall–Kier alpha value is -1.88. The first-order valence-corrected chi connectivity index (χ1v) is 6.88. The number of carboxylic acid groups (broad SMARTS) is 1. The summed E-state index contributed by atoms with van der Waals surface area (Å²) in [4.78, 5) is 22.7. The number of amides is 1. The van der Waals surface area contributed by atoms with E-state index in [1.165, 1.54) is 0 Å². The van der Waals surface area contributed by atoms with Gasteiger partial charge >= 0.3 is 5.97 Å². The summed E-state index contributed by atoms with van der Waals surface area (Å²) >= 11 is 0. The Morgan fingerprint density at radius 3 is 2.85 bits per heavy atom. The fourth-order valence-electron chi connectivity index (χ4n) is 2.45. The van der Waals surface area contributed by atoms with E-state index in [0.29, 0.717) is 18.9 Å².